The number of hydrogen-bond acceptors (Lipinski definition) is 1. The van der Waals surface area contributed by atoms with Gasteiger partial charge in [0.2, 0.25) is 0 Å². The Hall–Kier alpha value is -4.62. The zero-order valence-corrected chi connectivity index (χ0v) is 23.3. The molecule has 8 rings (SSSR count). The van der Waals surface area contributed by atoms with E-state index in [2.05, 4.69) is 64.1 Å². The second-order valence-corrected chi connectivity index (χ2v) is 11.9. The predicted octanol–water partition coefficient (Wildman–Crippen LogP) is 10.9. The van der Waals surface area contributed by atoms with Gasteiger partial charge < -0.3 is 4.90 Å². The maximum absolute atomic E-state index is 9.00. The quantitative estimate of drug-likeness (QED) is 0.217. The van der Waals surface area contributed by atoms with E-state index in [0.29, 0.717) is 11.1 Å². The minimum atomic E-state index is -0.598. The summed E-state index contributed by atoms with van der Waals surface area (Å²) in [5.41, 5.74) is 7.88. The second-order valence-electron chi connectivity index (χ2n) is 11.9. The minimum Gasteiger partial charge on any atom is -0.310 e. The summed E-state index contributed by atoms with van der Waals surface area (Å²) in [6, 6.07) is 16.8. The first-order valence-electron chi connectivity index (χ1n) is 18.8. The summed E-state index contributed by atoms with van der Waals surface area (Å²) in [4.78, 5) is 1.28. The zero-order valence-electron chi connectivity index (χ0n) is 33.3. The fraction of sp³-hybridized carbons (Fsp3) is 0.150. The van der Waals surface area contributed by atoms with Crippen LogP contribution in [-0.2, 0) is 10.8 Å². The van der Waals surface area contributed by atoms with Gasteiger partial charge >= 0.3 is 0 Å². The maximum atomic E-state index is 9.00. The van der Waals surface area contributed by atoms with Crippen molar-refractivity contribution in [3.63, 3.8) is 0 Å². The van der Waals surface area contributed by atoms with Crippen molar-refractivity contribution in [2.45, 2.75) is 38.5 Å². The van der Waals surface area contributed by atoms with Gasteiger partial charge in [-0.15, -0.1) is 0 Å². The van der Waals surface area contributed by atoms with Gasteiger partial charge in [-0.2, -0.15) is 0 Å². The van der Waals surface area contributed by atoms with Crippen LogP contribution in [0.4, 0.5) is 17.1 Å². The number of anilines is 3. The van der Waals surface area contributed by atoms with Crippen molar-refractivity contribution in [3.8, 4) is 22.3 Å². The Bertz CT molecular complexity index is 2430. The van der Waals surface area contributed by atoms with Crippen LogP contribution in [0.15, 0.2) is 127 Å². The Kier molecular flexibility index (Phi) is 3.29. The van der Waals surface area contributed by atoms with E-state index in [0.717, 1.165) is 27.6 Å². The van der Waals surface area contributed by atoms with E-state index in [9.17, 15) is 0 Å². The summed E-state index contributed by atoms with van der Waals surface area (Å²) < 4.78 is 86.7. The van der Waals surface area contributed by atoms with Gasteiger partial charge in [0.05, 0.1) is 19.4 Å². The lowest BCUT2D eigenvalue weighted by molar-refractivity contribution is 0.652. The molecule has 6 aromatic carbocycles. The Balaban J connectivity index is 1.51. The first-order valence-corrected chi connectivity index (χ1v) is 13.8. The molecule has 0 unspecified atom stereocenters. The summed E-state index contributed by atoms with van der Waals surface area (Å²) >= 11 is 0. The molecule has 1 heteroatoms. The monoisotopic (exact) mass is 537 g/mol. The van der Waals surface area contributed by atoms with Gasteiger partial charge in [0.1, 0.15) is 0 Å². The van der Waals surface area contributed by atoms with E-state index >= 15 is 0 Å². The van der Waals surface area contributed by atoms with Crippen LogP contribution in [-0.4, -0.2) is 0 Å². The Morgan fingerprint density at radius 3 is 1.73 bits per heavy atom. The van der Waals surface area contributed by atoms with Crippen molar-refractivity contribution in [1.29, 1.82) is 0 Å². The highest BCUT2D eigenvalue weighted by molar-refractivity contribution is 6.10. The molecule has 0 fully saturated rings. The number of nitrogens with zero attached hydrogens (tertiary/aromatic N) is 1. The lowest BCUT2D eigenvalue weighted by Gasteiger charge is -2.29. The molecule has 0 radical (unpaired) electrons. The van der Waals surface area contributed by atoms with Gasteiger partial charge in [0.15, 0.2) is 0 Å². The van der Waals surface area contributed by atoms with Crippen LogP contribution in [0.5, 0.6) is 0 Å². The molecule has 0 heterocycles. The van der Waals surface area contributed by atoms with E-state index in [1.165, 1.54) is 27.2 Å². The lowest BCUT2D eigenvalue weighted by atomic mass is 9.79. The molecule has 2 aliphatic carbocycles. The van der Waals surface area contributed by atoms with Gasteiger partial charge in [-0.05, 0) is 92.3 Å². The number of para-hydroxylation sites is 2. The van der Waals surface area contributed by atoms with Crippen molar-refractivity contribution in [2.24, 2.45) is 0 Å². The summed E-state index contributed by atoms with van der Waals surface area (Å²) in [5.74, 6) is 0. The van der Waals surface area contributed by atoms with E-state index in [1.807, 2.05) is 30.3 Å². The Morgan fingerprint density at radius 1 is 0.512 bits per heavy atom. The van der Waals surface area contributed by atoms with Crippen molar-refractivity contribution in [3.05, 3.63) is 149 Å². The van der Waals surface area contributed by atoms with E-state index in [1.54, 1.807) is 0 Å². The molecule has 1 nitrogen and oxygen atoms in total. The molecule has 0 amide bonds. The topological polar surface area (TPSA) is 3.24 Å². The molecular weight excluding hydrogens is 494 g/mol. The highest BCUT2D eigenvalue weighted by Crippen LogP contribution is 2.58. The number of hydrogen-bond donors (Lipinski definition) is 0. The van der Waals surface area contributed by atoms with Crippen LogP contribution in [0, 0.1) is 0 Å². The van der Waals surface area contributed by atoms with Crippen molar-refractivity contribution in [2.75, 3.05) is 4.90 Å². The van der Waals surface area contributed by atoms with Crippen LogP contribution in [0.25, 0.3) is 33.0 Å². The van der Waals surface area contributed by atoms with Crippen LogP contribution >= 0.6 is 0 Å². The zero-order chi connectivity index (χ0) is 36.6. The highest BCUT2D eigenvalue weighted by atomic mass is 15.1. The third kappa shape index (κ3) is 3.29. The van der Waals surface area contributed by atoms with Crippen LogP contribution in [0.1, 0.15) is 63.7 Å². The fourth-order valence-corrected chi connectivity index (χ4v) is 7.00. The number of fused-ring (bicyclic) bond motifs is 8. The second kappa shape index (κ2) is 8.44. The molecule has 41 heavy (non-hydrogen) atoms. The third-order valence-electron chi connectivity index (χ3n) is 9.02. The van der Waals surface area contributed by atoms with Crippen molar-refractivity contribution in [1.82, 2.24) is 0 Å². The summed E-state index contributed by atoms with van der Waals surface area (Å²) in [5, 5.41) is 1.45. The standard InChI is InChI=1S/C40H33N/c1-39(2)33-22-14-13-19-28(33)31-23-35-32(24-34(31)39)38-30-21-12-11-20-29(30)37(25-36(38)40(35,3)4)41(26-15-7-5-8-16-26)27-17-9-6-10-18-27/h5-25H,1-4H3/i5D,6D,7D,8D,9D,10D,15D,16D,17D,18D. The molecule has 2 aliphatic rings. The van der Waals surface area contributed by atoms with Crippen LogP contribution < -0.4 is 4.90 Å². The largest absolute Gasteiger partial charge is 0.310 e. The number of benzene rings is 6. The highest BCUT2D eigenvalue weighted by Gasteiger charge is 2.42. The van der Waals surface area contributed by atoms with E-state index < -0.39 is 65.8 Å². The van der Waals surface area contributed by atoms with Gasteiger partial charge in [0, 0.05) is 27.6 Å². The molecule has 198 valence electrons. The van der Waals surface area contributed by atoms with Gasteiger partial charge in [-0.25, -0.2) is 0 Å². The number of rotatable bonds is 3. The Labute approximate surface area is 256 Å². The fourth-order valence-electron chi connectivity index (χ4n) is 7.00. The smallest absolute Gasteiger partial charge is 0.0645 e. The molecule has 0 aliphatic heterocycles. The van der Waals surface area contributed by atoms with Crippen molar-refractivity contribution < 1.29 is 13.7 Å². The van der Waals surface area contributed by atoms with Crippen LogP contribution in [0.3, 0.4) is 0 Å². The molecule has 0 atom stereocenters. The first kappa shape index (κ1) is 16.0. The van der Waals surface area contributed by atoms with E-state index in [4.69, 9.17) is 13.7 Å². The van der Waals surface area contributed by atoms with Crippen LogP contribution in [0.2, 0.25) is 0 Å². The summed E-state index contributed by atoms with van der Waals surface area (Å²) in [6.07, 6.45) is 0. The molecule has 0 spiro atoms. The molecule has 6 aromatic rings. The molecular formula is C40H33N. The predicted molar refractivity (Wildman–Crippen MR) is 174 cm³/mol. The average molecular weight is 538 g/mol. The summed E-state index contributed by atoms with van der Waals surface area (Å²) in [7, 11) is 0. The third-order valence-corrected chi connectivity index (χ3v) is 9.02. The lowest BCUT2D eigenvalue weighted by Crippen LogP contribution is -2.17. The molecule has 0 saturated carbocycles. The van der Waals surface area contributed by atoms with Gasteiger partial charge in [0.25, 0.3) is 0 Å². The first-order chi connectivity index (χ1) is 24.0. The molecule has 0 saturated heterocycles. The average Bonchev–Trinajstić information content (AvgIpc) is 3.48. The van der Waals surface area contributed by atoms with Gasteiger partial charge in [-0.3, -0.25) is 0 Å². The van der Waals surface area contributed by atoms with Gasteiger partial charge in [-0.1, -0.05) is 112 Å². The molecule has 0 N–H and O–H groups in total. The SMILES string of the molecule is [2H]c1c([2H])c([2H])c(N(c2c([2H])c([2H])c([2H])c([2H])c2[2H])c2cc3c(c4ccccc24)-c2cc4c(cc2C3(C)C)-c2ccccc2C4(C)C)c([2H])c1[2H]. The molecule has 0 bridgehead atoms. The summed E-state index contributed by atoms with van der Waals surface area (Å²) in [6.45, 7) is 8.75. The van der Waals surface area contributed by atoms with Crippen molar-refractivity contribution >= 4 is 27.8 Å². The maximum Gasteiger partial charge on any atom is 0.0645 e. The minimum absolute atomic E-state index is 0.234. The Morgan fingerprint density at radius 2 is 1.05 bits per heavy atom. The molecule has 0 aromatic heterocycles. The normalized spacial score (nSPS) is 18.6. The van der Waals surface area contributed by atoms with E-state index in [-0.39, 0.29) is 16.8 Å².